The molecule has 0 radical (unpaired) electrons. The van der Waals surface area contributed by atoms with Crippen LogP contribution in [0.25, 0.3) is 18.4 Å². The molecular weight excluding hydrogens is 316 g/mol. The van der Waals surface area contributed by atoms with Crippen LogP contribution in [0, 0.1) is 0 Å². The van der Waals surface area contributed by atoms with Crippen molar-refractivity contribution in [1.29, 1.82) is 0 Å². The van der Waals surface area contributed by atoms with Crippen LogP contribution in [0.15, 0.2) is 79.5 Å². The highest BCUT2D eigenvalue weighted by Crippen LogP contribution is 2.17. The van der Waals surface area contributed by atoms with E-state index in [1.54, 1.807) is 0 Å². The van der Waals surface area contributed by atoms with Crippen LogP contribution in [-0.4, -0.2) is 14.1 Å². The minimum atomic E-state index is 0.868. The van der Waals surface area contributed by atoms with Crippen LogP contribution in [0.2, 0.25) is 0 Å². The highest BCUT2D eigenvalue weighted by Gasteiger charge is 2.13. The highest BCUT2D eigenvalue weighted by atomic mass is 15.1. The van der Waals surface area contributed by atoms with Crippen molar-refractivity contribution in [3.05, 3.63) is 102 Å². The van der Waals surface area contributed by atoms with Gasteiger partial charge in [0.2, 0.25) is 0 Å². The van der Waals surface area contributed by atoms with Crippen molar-refractivity contribution in [2.45, 2.75) is 6.42 Å². The van der Waals surface area contributed by atoms with Crippen LogP contribution in [0.1, 0.15) is 22.4 Å². The highest BCUT2D eigenvalue weighted by molar-refractivity contribution is 5.71. The summed E-state index contributed by atoms with van der Waals surface area (Å²) in [4.78, 5) is 2.11. The van der Waals surface area contributed by atoms with E-state index in [0.717, 1.165) is 6.42 Å². The molecule has 0 fully saturated rings. The van der Waals surface area contributed by atoms with E-state index >= 15 is 0 Å². The van der Waals surface area contributed by atoms with Crippen LogP contribution < -0.4 is 9.47 Å². The van der Waals surface area contributed by atoms with Gasteiger partial charge in [0, 0.05) is 31.4 Å². The van der Waals surface area contributed by atoms with Gasteiger partial charge in [0.25, 0.3) is 0 Å². The Bertz CT molecular complexity index is 891. The van der Waals surface area contributed by atoms with Crippen molar-refractivity contribution in [3.8, 4) is 0 Å². The SMILES string of the molecule is C=C[n+]1cccc(C=Cc2ccc(N(C)C)cc2)c1Cc1ccccc1. The number of aromatic nitrogens is 1. The van der Waals surface area contributed by atoms with Gasteiger partial charge in [0.05, 0.1) is 6.42 Å². The van der Waals surface area contributed by atoms with Gasteiger partial charge in [-0.15, -0.1) is 0 Å². The summed E-state index contributed by atoms with van der Waals surface area (Å²) < 4.78 is 2.10. The fraction of sp³-hybridized carbons (Fsp3) is 0.125. The lowest BCUT2D eigenvalue weighted by Gasteiger charge is -2.11. The molecule has 0 saturated carbocycles. The van der Waals surface area contributed by atoms with Crippen LogP contribution in [-0.2, 0) is 6.42 Å². The molecule has 0 saturated heterocycles. The Kier molecular flexibility index (Phi) is 5.65. The molecule has 0 amide bonds. The van der Waals surface area contributed by atoms with Crippen molar-refractivity contribution in [2.75, 3.05) is 19.0 Å². The van der Waals surface area contributed by atoms with E-state index in [2.05, 4.69) is 109 Å². The maximum Gasteiger partial charge on any atom is 0.198 e. The Morgan fingerprint density at radius 3 is 2.27 bits per heavy atom. The van der Waals surface area contributed by atoms with Crippen molar-refractivity contribution in [3.63, 3.8) is 0 Å². The summed E-state index contributed by atoms with van der Waals surface area (Å²) in [6.45, 7) is 3.95. The smallest absolute Gasteiger partial charge is 0.198 e. The number of rotatable bonds is 6. The molecule has 26 heavy (non-hydrogen) atoms. The van der Waals surface area contributed by atoms with Gasteiger partial charge in [-0.3, -0.25) is 0 Å². The van der Waals surface area contributed by atoms with Crippen molar-refractivity contribution < 1.29 is 4.57 Å². The maximum absolute atomic E-state index is 3.95. The Balaban J connectivity index is 1.90. The van der Waals surface area contributed by atoms with E-state index in [1.165, 1.54) is 28.1 Å². The summed E-state index contributed by atoms with van der Waals surface area (Å²) in [6.07, 6.45) is 9.13. The molecule has 0 spiro atoms. The third kappa shape index (κ3) is 4.28. The monoisotopic (exact) mass is 341 g/mol. The lowest BCUT2D eigenvalue weighted by molar-refractivity contribution is -0.576. The standard InChI is InChI=1S/C24H25N2/c1-4-26-18-8-11-22(24(26)19-21-9-6-5-7-10-21)15-12-20-13-16-23(17-14-20)25(2)3/h4-18H,1,19H2,2-3H3/q+1. The van der Waals surface area contributed by atoms with Gasteiger partial charge >= 0.3 is 0 Å². The first-order chi connectivity index (χ1) is 12.7. The Morgan fingerprint density at radius 2 is 1.62 bits per heavy atom. The van der Waals surface area contributed by atoms with Crippen LogP contribution in [0.4, 0.5) is 5.69 Å². The molecule has 130 valence electrons. The molecule has 0 bridgehead atoms. The number of hydrogen-bond donors (Lipinski definition) is 0. The molecule has 0 aliphatic carbocycles. The van der Waals surface area contributed by atoms with Gasteiger partial charge < -0.3 is 4.90 Å². The van der Waals surface area contributed by atoms with Gasteiger partial charge in [-0.05, 0) is 42.0 Å². The van der Waals surface area contributed by atoms with Gasteiger partial charge in [-0.1, -0.05) is 48.5 Å². The van der Waals surface area contributed by atoms with E-state index in [0.29, 0.717) is 0 Å². The third-order valence-electron chi connectivity index (χ3n) is 4.44. The molecule has 2 heteroatoms. The van der Waals surface area contributed by atoms with Gasteiger partial charge in [0.1, 0.15) is 0 Å². The molecule has 1 aromatic heterocycles. The van der Waals surface area contributed by atoms with E-state index < -0.39 is 0 Å². The predicted molar refractivity (Wildman–Crippen MR) is 112 cm³/mol. The van der Waals surface area contributed by atoms with Crippen molar-refractivity contribution >= 4 is 24.0 Å². The summed E-state index contributed by atoms with van der Waals surface area (Å²) >= 11 is 0. The zero-order chi connectivity index (χ0) is 18.4. The second kappa shape index (κ2) is 8.30. The third-order valence-corrected chi connectivity index (χ3v) is 4.44. The largest absolute Gasteiger partial charge is 0.378 e. The first-order valence-electron chi connectivity index (χ1n) is 8.82. The maximum atomic E-state index is 3.95. The van der Waals surface area contributed by atoms with Crippen LogP contribution in [0.3, 0.4) is 0 Å². The Hall–Kier alpha value is -3.13. The zero-order valence-electron chi connectivity index (χ0n) is 15.5. The number of benzene rings is 2. The topological polar surface area (TPSA) is 7.12 Å². The molecule has 3 rings (SSSR count). The average molecular weight is 341 g/mol. The molecular formula is C24H25N2+. The summed E-state index contributed by atoms with van der Waals surface area (Å²) in [5, 5.41) is 0. The van der Waals surface area contributed by atoms with Gasteiger partial charge in [-0.25, -0.2) is 0 Å². The lowest BCUT2D eigenvalue weighted by Crippen LogP contribution is -2.32. The van der Waals surface area contributed by atoms with Crippen LogP contribution >= 0.6 is 0 Å². The first kappa shape index (κ1) is 17.7. The molecule has 3 aromatic rings. The Labute approximate surface area is 156 Å². The minimum absolute atomic E-state index is 0.868. The van der Waals surface area contributed by atoms with Crippen molar-refractivity contribution in [1.82, 2.24) is 0 Å². The molecule has 0 unspecified atom stereocenters. The second-order valence-electron chi connectivity index (χ2n) is 6.48. The molecule has 1 heterocycles. The molecule has 0 aliphatic rings. The van der Waals surface area contributed by atoms with E-state index in [4.69, 9.17) is 0 Å². The number of anilines is 1. The number of nitrogens with zero attached hydrogens (tertiary/aromatic N) is 2. The quantitative estimate of drug-likeness (QED) is 0.578. The fourth-order valence-corrected chi connectivity index (χ4v) is 2.95. The van der Waals surface area contributed by atoms with Crippen LogP contribution in [0.5, 0.6) is 0 Å². The lowest BCUT2D eigenvalue weighted by atomic mass is 10.0. The predicted octanol–water partition coefficient (Wildman–Crippen LogP) is 4.90. The summed E-state index contributed by atoms with van der Waals surface area (Å²) in [5.74, 6) is 0. The van der Waals surface area contributed by atoms with Crippen molar-refractivity contribution in [2.24, 2.45) is 0 Å². The number of hydrogen-bond acceptors (Lipinski definition) is 1. The van der Waals surface area contributed by atoms with E-state index in [-0.39, 0.29) is 0 Å². The molecule has 2 aromatic carbocycles. The van der Waals surface area contributed by atoms with Gasteiger partial charge in [0.15, 0.2) is 18.1 Å². The summed E-state index contributed by atoms with van der Waals surface area (Å²) in [5.41, 5.74) is 6.12. The fourth-order valence-electron chi connectivity index (χ4n) is 2.95. The molecule has 0 aliphatic heterocycles. The Morgan fingerprint density at radius 1 is 0.885 bits per heavy atom. The number of pyridine rings is 1. The molecule has 0 atom stereocenters. The summed E-state index contributed by atoms with van der Waals surface area (Å²) in [7, 11) is 4.11. The average Bonchev–Trinajstić information content (AvgIpc) is 2.68. The van der Waals surface area contributed by atoms with E-state index in [1.807, 2.05) is 12.3 Å². The van der Waals surface area contributed by atoms with E-state index in [9.17, 15) is 0 Å². The van der Waals surface area contributed by atoms with Gasteiger partial charge in [-0.2, -0.15) is 4.57 Å². The summed E-state index contributed by atoms with van der Waals surface area (Å²) in [6, 6.07) is 23.3. The molecule has 0 N–H and O–H groups in total. The molecule has 2 nitrogen and oxygen atoms in total. The second-order valence-corrected chi connectivity index (χ2v) is 6.48. The zero-order valence-corrected chi connectivity index (χ0v) is 15.5. The normalized spacial score (nSPS) is 10.8. The first-order valence-corrected chi connectivity index (χ1v) is 8.82. The minimum Gasteiger partial charge on any atom is -0.378 e.